The number of anilines is 1. The van der Waals surface area contributed by atoms with Crippen LogP contribution in [0.5, 0.6) is 0 Å². The van der Waals surface area contributed by atoms with E-state index in [9.17, 15) is 14.0 Å². The summed E-state index contributed by atoms with van der Waals surface area (Å²) in [5.74, 6) is -0.829. The Morgan fingerprint density at radius 1 is 1.07 bits per heavy atom. The molecule has 2 aliphatic rings. The number of nitrogens with zero attached hydrogens (tertiary/aromatic N) is 1. The molecule has 2 aliphatic heterocycles. The van der Waals surface area contributed by atoms with E-state index < -0.39 is 5.91 Å². The molecule has 0 fully saturated rings. The van der Waals surface area contributed by atoms with E-state index in [4.69, 9.17) is 0 Å². The molecule has 2 heterocycles. The van der Waals surface area contributed by atoms with Crippen LogP contribution in [0.1, 0.15) is 22.3 Å². The third-order valence-corrected chi connectivity index (χ3v) is 5.30. The van der Waals surface area contributed by atoms with Crippen molar-refractivity contribution in [2.24, 2.45) is 0 Å². The molecule has 0 unspecified atom stereocenters. The van der Waals surface area contributed by atoms with E-state index in [1.54, 1.807) is 11.0 Å². The van der Waals surface area contributed by atoms with Crippen molar-refractivity contribution in [2.75, 3.05) is 25.0 Å². The van der Waals surface area contributed by atoms with Gasteiger partial charge < -0.3 is 20.9 Å². The minimum absolute atomic E-state index is 0. The highest BCUT2D eigenvalue weighted by Gasteiger charge is 2.21. The number of halogens is 2. The largest absolute Gasteiger partial charge is 0.329 e. The molecular formula is C21H24ClFN4O2. The van der Waals surface area contributed by atoms with Crippen LogP contribution in [0.4, 0.5) is 14.9 Å². The third kappa shape index (κ3) is 4.68. The summed E-state index contributed by atoms with van der Waals surface area (Å²) in [7, 11) is 0. The average Bonchev–Trinajstić information content (AvgIpc) is 2.74. The van der Waals surface area contributed by atoms with Gasteiger partial charge in [0.15, 0.2) is 0 Å². The van der Waals surface area contributed by atoms with Gasteiger partial charge in [-0.25, -0.2) is 9.18 Å². The second kappa shape index (κ2) is 9.24. The maximum absolute atomic E-state index is 14.6. The topological polar surface area (TPSA) is 73.5 Å². The van der Waals surface area contributed by atoms with Gasteiger partial charge in [0.05, 0.1) is 12.2 Å². The number of nitrogens with one attached hydrogen (secondary N) is 3. The standard InChI is InChI=1S/C21H23FN4O2.ClH/c22-20-17-7-9-23-11-15(17)5-6-18(20)25-19(27)12-24-21(28)26-10-8-14-3-1-2-4-16(14)13-26;/h1-6,23H,7-13H2,(H,24,28)(H,25,27);1H. The van der Waals surface area contributed by atoms with Crippen LogP contribution in [-0.4, -0.2) is 36.5 Å². The summed E-state index contributed by atoms with van der Waals surface area (Å²) in [6, 6.07) is 11.1. The number of amides is 3. The Hall–Kier alpha value is -2.64. The highest BCUT2D eigenvalue weighted by atomic mass is 35.5. The Kier molecular flexibility index (Phi) is 6.71. The molecular weight excluding hydrogens is 395 g/mol. The Labute approximate surface area is 175 Å². The van der Waals surface area contributed by atoms with Crippen molar-refractivity contribution >= 4 is 30.0 Å². The molecule has 29 heavy (non-hydrogen) atoms. The number of hydrogen-bond donors (Lipinski definition) is 3. The van der Waals surface area contributed by atoms with Crippen LogP contribution in [-0.2, 0) is 30.7 Å². The van der Waals surface area contributed by atoms with Gasteiger partial charge in [-0.2, -0.15) is 0 Å². The quantitative estimate of drug-likeness (QED) is 0.717. The molecule has 6 nitrogen and oxygen atoms in total. The van der Waals surface area contributed by atoms with Crippen LogP contribution in [0.2, 0.25) is 0 Å². The molecule has 0 saturated carbocycles. The van der Waals surface area contributed by atoms with Gasteiger partial charge in [-0.3, -0.25) is 4.79 Å². The number of benzene rings is 2. The van der Waals surface area contributed by atoms with Crippen molar-refractivity contribution in [3.05, 3.63) is 64.5 Å². The Morgan fingerprint density at radius 3 is 2.69 bits per heavy atom. The Bertz CT molecular complexity index is 922. The fourth-order valence-electron chi connectivity index (χ4n) is 3.76. The van der Waals surface area contributed by atoms with Crippen LogP contribution >= 0.6 is 12.4 Å². The van der Waals surface area contributed by atoms with Gasteiger partial charge >= 0.3 is 6.03 Å². The molecule has 0 aliphatic carbocycles. The van der Waals surface area contributed by atoms with Gasteiger partial charge in [-0.1, -0.05) is 30.3 Å². The first-order valence-electron chi connectivity index (χ1n) is 9.52. The van der Waals surface area contributed by atoms with Gasteiger partial charge in [0.2, 0.25) is 5.91 Å². The molecule has 3 N–H and O–H groups in total. The predicted octanol–water partition coefficient (Wildman–Crippen LogP) is 2.60. The molecule has 8 heteroatoms. The molecule has 0 saturated heterocycles. The molecule has 0 aromatic heterocycles. The van der Waals surface area contributed by atoms with Crippen molar-refractivity contribution < 1.29 is 14.0 Å². The zero-order valence-electron chi connectivity index (χ0n) is 16.0. The number of urea groups is 1. The van der Waals surface area contributed by atoms with Gasteiger partial charge in [0, 0.05) is 19.6 Å². The summed E-state index contributed by atoms with van der Waals surface area (Å²) in [4.78, 5) is 26.3. The van der Waals surface area contributed by atoms with E-state index in [2.05, 4.69) is 22.0 Å². The Balaban J connectivity index is 0.00000240. The lowest BCUT2D eigenvalue weighted by atomic mass is 9.99. The molecule has 0 spiro atoms. The van der Waals surface area contributed by atoms with E-state index >= 15 is 0 Å². The van der Waals surface area contributed by atoms with Crippen molar-refractivity contribution in [1.82, 2.24) is 15.5 Å². The van der Waals surface area contributed by atoms with Gasteiger partial charge in [-0.05, 0) is 47.7 Å². The first kappa shape index (κ1) is 21.1. The predicted molar refractivity (Wildman–Crippen MR) is 112 cm³/mol. The highest BCUT2D eigenvalue weighted by Crippen LogP contribution is 2.24. The lowest BCUT2D eigenvalue weighted by Crippen LogP contribution is -2.45. The Morgan fingerprint density at radius 2 is 1.86 bits per heavy atom. The zero-order chi connectivity index (χ0) is 19.5. The van der Waals surface area contributed by atoms with Crippen LogP contribution < -0.4 is 16.0 Å². The van der Waals surface area contributed by atoms with Gasteiger partial charge in [-0.15, -0.1) is 12.4 Å². The van der Waals surface area contributed by atoms with E-state index in [1.807, 2.05) is 24.3 Å². The maximum Gasteiger partial charge on any atom is 0.318 e. The summed E-state index contributed by atoms with van der Waals surface area (Å²) < 4.78 is 14.6. The molecule has 3 amide bonds. The number of hydrogen-bond acceptors (Lipinski definition) is 3. The molecule has 2 aromatic rings. The monoisotopic (exact) mass is 418 g/mol. The molecule has 4 rings (SSSR count). The van der Waals surface area contributed by atoms with Crippen LogP contribution in [0.25, 0.3) is 0 Å². The number of fused-ring (bicyclic) bond motifs is 2. The lowest BCUT2D eigenvalue weighted by Gasteiger charge is -2.28. The second-order valence-corrected chi connectivity index (χ2v) is 7.14. The summed E-state index contributed by atoms with van der Waals surface area (Å²) in [5, 5.41) is 8.39. The molecule has 154 valence electrons. The number of carbonyl (C=O) groups is 2. The highest BCUT2D eigenvalue weighted by molar-refractivity contribution is 5.94. The van der Waals surface area contributed by atoms with Crippen molar-refractivity contribution in [3.63, 3.8) is 0 Å². The van der Waals surface area contributed by atoms with E-state index in [1.165, 1.54) is 5.56 Å². The SMILES string of the molecule is Cl.O=C(CNC(=O)N1CCc2ccccc2C1)Nc1ccc2c(c1F)CCNC2. The minimum Gasteiger partial charge on any atom is -0.329 e. The summed E-state index contributed by atoms with van der Waals surface area (Å²) in [6.07, 6.45) is 1.39. The third-order valence-electron chi connectivity index (χ3n) is 5.30. The fraction of sp³-hybridized carbons (Fsp3) is 0.333. The van der Waals surface area contributed by atoms with E-state index in [0.29, 0.717) is 31.6 Å². The first-order chi connectivity index (χ1) is 13.6. The summed E-state index contributed by atoms with van der Waals surface area (Å²) in [6.45, 7) is 2.29. The lowest BCUT2D eigenvalue weighted by molar-refractivity contribution is -0.115. The van der Waals surface area contributed by atoms with E-state index in [-0.39, 0.29) is 36.5 Å². The number of carbonyl (C=O) groups excluding carboxylic acids is 2. The van der Waals surface area contributed by atoms with Gasteiger partial charge in [0.25, 0.3) is 0 Å². The summed E-state index contributed by atoms with van der Waals surface area (Å²) >= 11 is 0. The molecule has 0 radical (unpaired) electrons. The zero-order valence-corrected chi connectivity index (χ0v) is 16.8. The number of rotatable bonds is 3. The average molecular weight is 419 g/mol. The smallest absolute Gasteiger partial charge is 0.318 e. The van der Waals surface area contributed by atoms with Crippen LogP contribution in [0, 0.1) is 5.82 Å². The normalized spacial score (nSPS) is 14.9. The molecule has 0 atom stereocenters. The van der Waals surface area contributed by atoms with Crippen LogP contribution in [0.3, 0.4) is 0 Å². The fourth-order valence-corrected chi connectivity index (χ4v) is 3.76. The van der Waals surface area contributed by atoms with Crippen molar-refractivity contribution in [3.8, 4) is 0 Å². The van der Waals surface area contributed by atoms with Gasteiger partial charge in [0.1, 0.15) is 5.82 Å². The second-order valence-electron chi connectivity index (χ2n) is 7.14. The minimum atomic E-state index is -0.446. The maximum atomic E-state index is 14.6. The summed E-state index contributed by atoms with van der Waals surface area (Å²) in [5.41, 5.74) is 4.10. The first-order valence-corrected chi connectivity index (χ1v) is 9.52. The molecule has 0 bridgehead atoms. The van der Waals surface area contributed by atoms with Crippen molar-refractivity contribution in [2.45, 2.75) is 25.9 Å². The van der Waals surface area contributed by atoms with Crippen LogP contribution in [0.15, 0.2) is 36.4 Å². The van der Waals surface area contributed by atoms with Crippen molar-refractivity contribution in [1.29, 1.82) is 0 Å². The molecule has 2 aromatic carbocycles. The van der Waals surface area contributed by atoms with E-state index in [0.717, 1.165) is 24.1 Å².